The van der Waals surface area contributed by atoms with Gasteiger partial charge in [-0.1, -0.05) is 0 Å². The van der Waals surface area contributed by atoms with Crippen molar-refractivity contribution in [3.05, 3.63) is 23.6 Å². The third-order valence-corrected chi connectivity index (χ3v) is 1.31. The Morgan fingerprint density at radius 3 is 2.43 bits per heavy atom. The molecule has 0 spiro atoms. The van der Waals surface area contributed by atoms with Crippen molar-refractivity contribution in [2.45, 2.75) is 6.43 Å². The zero-order valence-corrected chi connectivity index (χ0v) is 6.70. The summed E-state index contributed by atoms with van der Waals surface area (Å²) in [5.74, 6) is -4.96. The Morgan fingerprint density at radius 2 is 1.86 bits per heavy atom. The molecule has 1 rings (SSSR count). The van der Waals surface area contributed by atoms with Crippen LogP contribution in [0.1, 0.15) is 0 Å². The zero-order valence-electron chi connectivity index (χ0n) is 6.70. The summed E-state index contributed by atoms with van der Waals surface area (Å²) >= 11 is 0. The van der Waals surface area contributed by atoms with Crippen molar-refractivity contribution in [3.8, 4) is 0 Å². The van der Waals surface area contributed by atoms with E-state index in [0.29, 0.717) is 0 Å². The molecule has 1 aromatic rings. The molecule has 1 heterocycles. The van der Waals surface area contributed by atoms with Crippen molar-refractivity contribution in [2.75, 3.05) is 11.9 Å². The first-order valence-electron chi connectivity index (χ1n) is 3.54. The third kappa shape index (κ3) is 2.54. The van der Waals surface area contributed by atoms with E-state index >= 15 is 0 Å². The lowest BCUT2D eigenvalue weighted by molar-refractivity contribution is 0.163. The fourth-order valence-corrected chi connectivity index (χ4v) is 0.742. The first-order chi connectivity index (χ1) is 6.50. The average Bonchev–Trinajstić information content (AvgIpc) is 2.09. The van der Waals surface area contributed by atoms with Crippen LogP contribution in [0.5, 0.6) is 0 Å². The molecule has 7 heteroatoms. The number of pyridine rings is 1. The second kappa shape index (κ2) is 4.21. The predicted molar refractivity (Wildman–Crippen MR) is 38.6 cm³/mol. The minimum Gasteiger partial charge on any atom is -0.362 e. The van der Waals surface area contributed by atoms with Crippen LogP contribution in [0.3, 0.4) is 0 Å². The molecule has 0 atom stereocenters. The fraction of sp³-hybridized carbons (Fsp3) is 0.286. The summed E-state index contributed by atoms with van der Waals surface area (Å²) in [7, 11) is 0. The van der Waals surface area contributed by atoms with E-state index in [1.54, 1.807) is 0 Å². The number of nitrogens with zero attached hydrogens (tertiary/aromatic N) is 1. The Labute approximate surface area is 75.8 Å². The minimum atomic E-state index is -2.73. The minimum absolute atomic E-state index is 0.232. The summed E-state index contributed by atoms with van der Waals surface area (Å²) < 4.78 is 60.7. The Hall–Kier alpha value is -1.40. The lowest BCUT2D eigenvalue weighted by atomic mass is 10.4. The van der Waals surface area contributed by atoms with Gasteiger partial charge in [0.15, 0.2) is 17.5 Å². The molecule has 14 heavy (non-hydrogen) atoms. The second-order valence-corrected chi connectivity index (χ2v) is 2.36. The maximum atomic E-state index is 12.7. The van der Waals surface area contributed by atoms with Gasteiger partial charge in [0.05, 0.1) is 6.54 Å². The number of rotatable bonds is 3. The van der Waals surface area contributed by atoms with Gasteiger partial charge in [-0.2, -0.15) is 9.37 Å². The molecule has 1 aromatic heterocycles. The van der Waals surface area contributed by atoms with E-state index in [9.17, 15) is 22.0 Å². The van der Waals surface area contributed by atoms with Crippen molar-refractivity contribution in [2.24, 2.45) is 0 Å². The van der Waals surface area contributed by atoms with Crippen molar-refractivity contribution >= 4 is 5.82 Å². The molecule has 0 saturated heterocycles. The fourth-order valence-electron chi connectivity index (χ4n) is 0.742. The van der Waals surface area contributed by atoms with E-state index in [1.807, 2.05) is 5.32 Å². The molecule has 2 nitrogen and oxygen atoms in total. The SMILES string of the molecule is Fc1cc(F)c(NCC(F)F)nc1F. The van der Waals surface area contributed by atoms with Gasteiger partial charge >= 0.3 is 0 Å². The van der Waals surface area contributed by atoms with Gasteiger partial charge in [-0.05, 0) is 0 Å². The van der Waals surface area contributed by atoms with E-state index in [2.05, 4.69) is 4.98 Å². The van der Waals surface area contributed by atoms with Gasteiger partial charge in [0.25, 0.3) is 12.4 Å². The smallest absolute Gasteiger partial charge is 0.255 e. The van der Waals surface area contributed by atoms with Crippen LogP contribution in [0.25, 0.3) is 0 Å². The molecule has 0 saturated carbocycles. The Balaban J connectivity index is 2.82. The summed E-state index contributed by atoms with van der Waals surface area (Å²) in [5, 5.41) is 1.84. The standard InChI is InChI=1S/C7H5F5N2/c8-3-1-4(9)7(14-6(3)12)13-2-5(10)11/h1,5H,2H2,(H,13,14). The van der Waals surface area contributed by atoms with Crippen molar-refractivity contribution < 1.29 is 22.0 Å². The van der Waals surface area contributed by atoms with Gasteiger partial charge in [0, 0.05) is 6.07 Å². The normalized spacial score (nSPS) is 10.7. The summed E-state index contributed by atoms with van der Waals surface area (Å²) in [6.45, 7) is -0.880. The van der Waals surface area contributed by atoms with E-state index in [0.717, 1.165) is 0 Å². The van der Waals surface area contributed by atoms with E-state index < -0.39 is 36.4 Å². The maximum Gasteiger partial charge on any atom is 0.255 e. The first kappa shape index (κ1) is 10.7. The van der Waals surface area contributed by atoms with E-state index in [1.165, 1.54) is 0 Å². The first-order valence-corrected chi connectivity index (χ1v) is 3.54. The Bertz CT molecular complexity index is 328. The van der Waals surface area contributed by atoms with Crippen LogP contribution in [0.15, 0.2) is 6.07 Å². The van der Waals surface area contributed by atoms with Crippen LogP contribution < -0.4 is 5.32 Å². The molecule has 0 amide bonds. The number of anilines is 1. The Morgan fingerprint density at radius 1 is 1.21 bits per heavy atom. The Kier molecular flexibility index (Phi) is 3.21. The lowest BCUT2D eigenvalue weighted by Gasteiger charge is -2.05. The van der Waals surface area contributed by atoms with E-state index in [4.69, 9.17) is 0 Å². The maximum absolute atomic E-state index is 12.7. The highest BCUT2D eigenvalue weighted by Gasteiger charge is 2.12. The van der Waals surface area contributed by atoms with Gasteiger partial charge in [-0.15, -0.1) is 0 Å². The van der Waals surface area contributed by atoms with Gasteiger partial charge in [0.1, 0.15) is 0 Å². The molecular formula is C7H5F5N2. The lowest BCUT2D eigenvalue weighted by Crippen LogP contribution is -2.13. The van der Waals surface area contributed by atoms with Crippen molar-refractivity contribution in [1.82, 2.24) is 4.98 Å². The van der Waals surface area contributed by atoms with Crippen molar-refractivity contribution in [1.29, 1.82) is 0 Å². The van der Waals surface area contributed by atoms with Gasteiger partial charge in [-0.25, -0.2) is 17.6 Å². The van der Waals surface area contributed by atoms with Crippen LogP contribution in [0.4, 0.5) is 27.8 Å². The summed E-state index contributed by atoms with van der Waals surface area (Å²) in [4.78, 5) is 2.78. The predicted octanol–water partition coefficient (Wildman–Crippen LogP) is 2.18. The van der Waals surface area contributed by atoms with Gasteiger partial charge in [-0.3, -0.25) is 0 Å². The molecule has 0 fully saturated rings. The van der Waals surface area contributed by atoms with Crippen LogP contribution >= 0.6 is 0 Å². The molecule has 0 aliphatic heterocycles. The van der Waals surface area contributed by atoms with Crippen LogP contribution in [0, 0.1) is 17.6 Å². The summed E-state index contributed by atoms with van der Waals surface area (Å²) in [6.07, 6.45) is -2.73. The van der Waals surface area contributed by atoms with Crippen LogP contribution in [-0.4, -0.2) is 18.0 Å². The number of hydrogen-bond donors (Lipinski definition) is 1. The number of halogens is 5. The molecule has 0 unspecified atom stereocenters. The summed E-state index contributed by atoms with van der Waals surface area (Å²) in [5.41, 5.74) is 0. The molecule has 78 valence electrons. The number of alkyl halides is 2. The number of nitrogens with one attached hydrogen (secondary N) is 1. The highest BCUT2D eigenvalue weighted by molar-refractivity contribution is 5.36. The summed E-state index contributed by atoms with van der Waals surface area (Å²) in [6, 6.07) is 0.232. The average molecular weight is 212 g/mol. The third-order valence-electron chi connectivity index (χ3n) is 1.31. The number of hydrogen-bond acceptors (Lipinski definition) is 2. The molecule has 0 radical (unpaired) electrons. The number of aromatic nitrogens is 1. The largest absolute Gasteiger partial charge is 0.362 e. The molecule has 0 aliphatic rings. The highest BCUT2D eigenvalue weighted by Crippen LogP contribution is 2.14. The highest BCUT2D eigenvalue weighted by atomic mass is 19.3. The van der Waals surface area contributed by atoms with Gasteiger partial charge in [0.2, 0.25) is 0 Å². The van der Waals surface area contributed by atoms with Crippen LogP contribution in [0.2, 0.25) is 0 Å². The molecule has 0 bridgehead atoms. The quantitative estimate of drug-likeness (QED) is 0.613. The molecule has 0 aromatic carbocycles. The topological polar surface area (TPSA) is 24.9 Å². The zero-order chi connectivity index (χ0) is 10.7. The second-order valence-electron chi connectivity index (χ2n) is 2.36. The van der Waals surface area contributed by atoms with Crippen molar-refractivity contribution in [3.63, 3.8) is 0 Å². The van der Waals surface area contributed by atoms with Gasteiger partial charge < -0.3 is 5.32 Å². The molecular weight excluding hydrogens is 207 g/mol. The molecule has 1 N–H and O–H groups in total. The van der Waals surface area contributed by atoms with E-state index in [-0.39, 0.29) is 6.07 Å². The molecule has 0 aliphatic carbocycles. The van der Waals surface area contributed by atoms with Crippen LogP contribution in [-0.2, 0) is 0 Å². The monoisotopic (exact) mass is 212 g/mol.